The minimum atomic E-state index is -0.236. The van der Waals surface area contributed by atoms with E-state index in [9.17, 15) is 4.79 Å². The molecule has 1 saturated heterocycles. The predicted molar refractivity (Wildman–Crippen MR) is 75.7 cm³/mol. The summed E-state index contributed by atoms with van der Waals surface area (Å²) in [6, 6.07) is 4.05. The number of carbonyl (C=O) groups excluding carboxylic acids is 1. The number of aryl methyl sites for hydroxylation is 2. The van der Waals surface area contributed by atoms with Crippen LogP contribution in [0.4, 0.5) is 4.79 Å². The van der Waals surface area contributed by atoms with Crippen LogP contribution in [0.1, 0.15) is 23.1 Å². The Labute approximate surface area is 114 Å². The van der Waals surface area contributed by atoms with Crippen molar-refractivity contribution in [1.29, 1.82) is 0 Å². The highest BCUT2D eigenvalue weighted by molar-refractivity contribution is 5.72. The Kier molecular flexibility index (Phi) is 4.43. The number of hydrogen-bond acceptors (Lipinski definition) is 3. The summed E-state index contributed by atoms with van der Waals surface area (Å²) >= 11 is 0. The van der Waals surface area contributed by atoms with E-state index in [4.69, 9.17) is 4.74 Å². The van der Waals surface area contributed by atoms with Crippen LogP contribution in [0.15, 0.2) is 12.1 Å². The Hall–Kier alpha value is -1.55. The van der Waals surface area contributed by atoms with Gasteiger partial charge < -0.3 is 15.0 Å². The van der Waals surface area contributed by atoms with Gasteiger partial charge in [0.05, 0.1) is 0 Å². The fourth-order valence-corrected chi connectivity index (χ4v) is 2.26. The largest absolute Gasteiger partial charge is 0.415 e. The molecule has 0 aromatic heterocycles. The second-order valence-corrected chi connectivity index (χ2v) is 5.11. The number of benzene rings is 1. The van der Waals surface area contributed by atoms with Gasteiger partial charge in [0.15, 0.2) is 0 Å². The first kappa shape index (κ1) is 13.9. The molecular formula is C15H22N2O2. The van der Waals surface area contributed by atoms with Gasteiger partial charge in [-0.15, -0.1) is 0 Å². The molecule has 2 rings (SSSR count). The maximum Gasteiger partial charge on any atom is 0.415 e. The number of nitrogens with one attached hydrogen (secondary N) is 1. The quantitative estimate of drug-likeness (QED) is 0.845. The highest BCUT2D eigenvalue weighted by Crippen LogP contribution is 2.26. The van der Waals surface area contributed by atoms with Gasteiger partial charge in [0, 0.05) is 19.6 Å². The molecule has 0 radical (unpaired) electrons. The number of nitrogens with zero attached hydrogens (tertiary/aromatic N) is 1. The zero-order chi connectivity index (χ0) is 13.8. The third-order valence-electron chi connectivity index (χ3n) is 3.66. The summed E-state index contributed by atoms with van der Waals surface area (Å²) in [7, 11) is 0. The van der Waals surface area contributed by atoms with Gasteiger partial charge in [-0.25, -0.2) is 4.79 Å². The average Bonchev–Trinajstić information content (AvgIpc) is 2.68. The normalized spacial score (nSPS) is 16.1. The zero-order valence-electron chi connectivity index (χ0n) is 12.0. The molecular weight excluding hydrogens is 240 g/mol. The van der Waals surface area contributed by atoms with E-state index in [1.165, 1.54) is 0 Å². The van der Waals surface area contributed by atoms with Crippen LogP contribution in [-0.4, -0.2) is 37.2 Å². The van der Waals surface area contributed by atoms with Crippen molar-refractivity contribution in [3.63, 3.8) is 0 Å². The van der Waals surface area contributed by atoms with Crippen molar-refractivity contribution in [3.8, 4) is 5.75 Å². The van der Waals surface area contributed by atoms with Crippen molar-refractivity contribution in [2.75, 3.05) is 26.2 Å². The van der Waals surface area contributed by atoms with Gasteiger partial charge in [-0.2, -0.15) is 0 Å². The van der Waals surface area contributed by atoms with Gasteiger partial charge >= 0.3 is 6.09 Å². The van der Waals surface area contributed by atoms with Gasteiger partial charge in [-0.05, 0) is 50.4 Å². The molecule has 0 spiro atoms. The third-order valence-corrected chi connectivity index (χ3v) is 3.66. The maximum absolute atomic E-state index is 12.2. The minimum Gasteiger partial charge on any atom is -0.410 e. The van der Waals surface area contributed by atoms with Gasteiger partial charge in [-0.3, -0.25) is 0 Å². The SMILES string of the molecule is Cc1ccc(C)c(OC(=O)N2CCCNCC2)c1C. The van der Waals surface area contributed by atoms with Crippen molar-refractivity contribution in [3.05, 3.63) is 28.8 Å². The molecule has 1 aliphatic heterocycles. The minimum absolute atomic E-state index is 0.236. The summed E-state index contributed by atoms with van der Waals surface area (Å²) < 4.78 is 5.61. The lowest BCUT2D eigenvalue weighted by Gasteiger charge is -2.21. The number of rotatable bonds is 1. The predicted octanol–water partition coefficient (Wildman–Crippen LogP) is 2.41. The number of hydrogen-bond donors (Lipinski definition) is 1. The fraction of sp³-hybridized carbons (Fsp3) is 0.533. The molecule has 0 unspecified atom stereocenters. The summed E-state index contributed by atoms with van der Waals surface area (Å²) in [6.45, 7) is 9.27. The van der Waals surface area contributed by atoms with E-state index in [-0.39, 0.29) is 6.09 Å². The molecule has 1 amide bonds. The van der Waals surface area contributed by atoms with E-state index < -0.39 is 0 Å². The van der Waals surface area contributed by atoms with E-state index in [2.05, 4.69) is 11.4 Å². The van der Waals surface area contributed by atoms with Gasteiger partial charge in [0.1, 0.15) is 5.75 Å². The number of ether oxygens (including phenoxy) is 1. The van der Waals surface area contributed by atoms with Crippen molar-refractivity contribution < 1.29 is 9.53 Å². The maximum atomic E-state index is 12.2. The first-order chi connectivity index (χ1) is 9.09. The van der Waals surface area contributed by atoms with E-state index in [0.717, 1.165) is 42.7 Å². The first-order valence-electron chi connectivity index (χ1n) is 6.84. The van der Waals surface area contributed by atoms with Crippen LogP contribution in [0.5, 0.6) is 5.75 Å². The van der Waals surface area contributed by atoms with E-state index >= 15 is 0 Å². The Balaban J connectivity index is 2.12. The van der Waals surface area contributed by atoms with Gasteiger partial charge in [0.2, 0.25) is 0 Å². The molecule has 0 atom stereocenters. The van der Waals surface area contributed by atoms with E-state index in [1.807, 2.05) is 26.8 Å². The Bertz CT molecular complexity index is 463. The molecule has 4 heteroatoms. The summed E-state index contributed by atoms with van der Waals surface area (Å²) in [6.07, 6.45) is 0.737. The molecule has 0 bridgehead atoms. The summed E-state index contributed by atoms with van der Waals surface area (Å²) in [5.41, 5.74) is 3.19. The molecule has 1 N–H and O–H groups in total. The molecule has 1 heterocycles. The third kappa shape index (κ3) is 3.26. The smallest absolute Gasteiger partial charge is 0.410 e. The van der Waals surface area contributed by atoms with Crippen molar-refractivity contribution in [1.82, 2.24) is 10.2 Å². The van der Waals surface area contributed by atoms with Crippen molar-refractivity contribution in [2.24, 2.45) is 0 Å². The Morgan fingerprint density at radius 1 is 1.16 bits per heavy atom. The van der Waals surface area contributed by atoms with Crippen LogP contribution in [0, 0.1) is 20.8 Å². The lowest BCUT2D eigenvalue weighted by Crippen LogP contribution is -2.36. The molecule has 1 fully saturated rings. The fourth-order valence-electron chi connectivity index (χ4n) is 2.26. The molecule has 4 nitrogen and oxygen atoms in total. The molecule has 19 heavy (non-hydrogen) atoms. The summed E-state index contributed by atoms with van der Waals surface area (Å²) in [5, 5.41) is 3.28. The second-order valence-electron chi connectivity index (χ2n) is 5.11. The van der Waals surface area contributed by atoms with Crippen molar-refractivity contribution >= 4 is 6.09 Å². The monoisotopic (exact) mass is 262 g/mol. The number of amides is 1. The zero-order valence-corrected chi connectivity index (χ0v) is 12.0. The topological polar surface area (TPSA) is 41.6 Å². The molecule has 1 aliphatic rings. The molecule has 0 aliphatic carbocycles. The van der Waals surface area contributed by atoms with Crippen LogP contribution >= 0.6 is 0 Å². The standard InChI is InChI=1S/C15H22N2O2/c1-11-5-6-12(2)14(13(11)3)19-15(18)17-9-4-7-16-8-10-17/h5-6,16H,4,7-10H2,1-3H3. The second kappa shape index (κ2) is 6.06. The van der Waals surface area contributed by atoms with Crippen LogP contribution in [0.2, 0.25) is 0 Å². The summed E-state index contributed by atoms with van der Waals surface area (Å²) in [5.74, 6) is 0.710. The average molecular weight is 262 g/mol. The highest BCUT2D eigenvalue weighted by Gasteiger charge is 2.19. The lowest BCUT2D eigenvalue weighted by atomic mass is 10.1. The number of carbonyl (C=O) groups is 1. The van der Waals surface area contributed by atoms with Gasteiger partial charge in [-0.1, -0.05) is 12.1 Å². The Morgan fingerprint density at radius 3 is 2.68 bits per heavy atom. The molecule has 0 saturated carbocycles. The van der Waals surface area contributed by atoms with Crippen LogP contribution in [0.25, 0.3) is 0 Å². The van der Waals surface area contributed by atoms with Crippen LogP contribution < -0.4 is 10.1 Å². The van der Waals surface area contributed by atoms with Crippen LogP contribution in [0.3, 0.4) is 0 Å². The molecule has 1 aromatic rings. The molecule has 104 valence electrons. The summed E-state index contributed by atoms with van der Waals surface area (Å²) in [4.78, 5) is 14.0. The van der Waals surface area contributed by atoms with Crippen molar-refractivity contribution in [2.45, 2.75) is 27.2 Å². The molecule has 1 aromatic carbocycles. The van der Waals surface area contributed by atoms with Gasteiger partial charge in [0.25, 0.3) is 0 Å². The Morgan fingerprint density at radius 2 is 1.89 bits per heavy atom. The van der Waals surface area contributed by atoms with E-state index in [0.29, 0.717) is 12.3 Å². The van der Waals surface area contributed by atoms with E-state index in [1.54, 1.807) is 4.90 Å². The van der Waals surface area contributed by atoms with Crippen LogP contribution in [-0.2, 0) is 0 Å². The lowest BCUT2D eigenvalue weighted by molar-refractivity contribution is 0.154. The first-order valence-corrected chi connectivity index (χ1v) is 6.84. The highest BCUT2D eigenvalue weighted by atomic mass is 16.6.